The number of hydrogen-bond acceptors (Lipinski definition) is 5. The van der Waals surface area contributed by atoms with E-state index in [0.29, 0.717) is 5.75 Å². The Hall–Kier alpha value is -2.68. The topological polar surface area (TPSA) is 61.9 Å². The van der Waals surface area contributed by atoms with E-state index in [1.807, 2.05) is 32.0 Å². The average Bonchev–Trinajstić information content (AvgIpc) is 2.82. The van der Waals surface area contributed by atoms with E-state index in [1.54, 1.807) is 31.4 Å². The summed E-state index contributed by atoms with van der Waals surface area (Å²) < 4.78 is 48.6. The second kappa shape index (κ2) is 9.52. The molecule has 1 N–H and O–H groups in total. The first-order valence-corrected chi connectivity index (χ1v) is 12.9. The zero-order valence-corrected chi connectivity index (χ0v) is 21.0. The Balaban J connectivity index is 1.58. The number of hydrogen-bond donors (Lipinski definition) is 1. The molecule has 0 atom stereocenters. The Kier molecular flexibility index (Phi) is 6.85. The van der Waals surface area contributed by atoms with E-state index >= 15 is 0 Å². The van der Waals surface area contributed by atoms with Gasteiger partial charge in [-0.15, -0.1) is 0 Å². The molecule has 8 heteroatoms. The Morgan fingerprint density at radius 1 is 1.03 bits per heavy atom. The number of sulfonamides is 1. The average molecular weight is 486 g/mol. The van der Waals surface area contributed by atoms with Crippen molar-refractivity contribution in [2.75, 3.05) is 51.8 Å². The van der Waals surface area contributed by atoms with Gasteiger partial charge in [0.1, 0.15) is 11.6 Å². The summed E-state index contributed by atoms with van der Waals surface area (Å²) in [6.07, 6.45) is 0. The van der Waals surface area contributed by atoms with Crippen molar-refractivity contribution in [3.05, 3.63) is 66.0 Å². The van der Waals surface area contributed by atoms with Crippen LogP contribution in [-0.4, -0.2) is 60.2 Å². The van der Waals surface area contributed by atoms with E-state index in [9.17, 15) is 12.8 Å². The number of fused-ring (bicyclic) bond motifs is 1. The number of nitrogens with one attached hydrogen (secondary N) is 1. The highest BCUT2D eigenvalue weighted by molar-refractivity contribution is 7.89. The quantitative estimate of drug-likeness (QED) is 0.548. The van der Waals surface area contributed by atoms with Gasteiger partial charge in [0.05, 0.1) is 17.7 Å². The molecule has 0 radical (unpaired) electrons. The first-order chi connectivity index (χ1) is 16.1. The van der Waals surface area contributed by atoms with Crippen LogP contribution in [-0.2, 0) is 15.4 Å². The van der Waals surface area contributed by atoms with E-state index < -0.39 is 15.4 Å². The first kappa shape index (κ1) is 24.4. The number of benzene rings is 3. The van der Waals surface area contributed by atoms with Crippen molar-refractivity contribution in [3.63, 3.8) is 0 Å². The van der Waals surface area contributed by atoms with Gasteiger partial charge >= 0.3 is 0 Å². The van der Waals surface area contributed by atoms with Crippen LogP contribution >= 0.6 is 0 Å². The van der Waals surface area contributed by atoms with E-state index in [1.165, 1.54) is 12.1 Å². The number of likely N-dealkylation sites (N-methyl/N-ethyl adjacent to an activating group) is 1. The molecule has 1 fully saturated rings. The minimum absolute atomic E-state index is 0.196. The second-order valence-electron chi connectivity index (χ2n) is 9.50. The molecule has 6 nitrogen and oxygen atoms in total. The smallest absolute Gasteiger partial charge is 0.240 e. The van der Waals surface area contributed by atoms with E-state index in [0.717, 1.165) is 48.2 Å². The largest absolute Gasteiger partial charge is 0.495 e. The van der Waals surface area contributed by atoms with Crippen molar-refractivity contribution in [2.24, 2.45) is 0 Å². The first-order valence-electron chi connectivity index (χ1n) is 11.4. The fourth-order valence-corrected chi connectivity index (χ4v) is 5.66. The minimum Gasteiger partial charge on any atom is -0.495 e. The van der Waals surface area contributed by atoms with Gasteiger partial charge < -0.3 is 14.5 Å². The molecule has 0 unspecified atom stereocenters. The lowest BCUT2D eigenvalue weighted by Gasteiger charge is -2.35. The van der Waals surface area contributed by atoms with Crippen LogP contribution in [0.25, 0.3) is 10.8 Å². The third-order valence-electron chi connectivity index (χ3n) is 6.58. The Morgan fingerprint density at radius 3 is 2.47 bits per heavy atom. The van der Waals surface area contributed by atoms with Crippen LogP contribution in [0.3, 0.4) is 0 Å². The van der Waals surface area contributed by atoms with Crippen LogP contribution in [0.15, 0.2) is 59.5 Å². The van der Waals surface area contributed by atoms with Crippen LogP contribution in [0.5, 0.6) is 5.75 Å². The normalized spacial score (nSPS) is 15.6. The molecule has 0 aliphatic carbocycles. The molecular formula is C26H32FN3O3S. The number of ether oxygens (including phenoxy) is 1. The molecule has 182 valence electrons. The van der Waals surface area contributed by atoms with E-state index in [2.05, 4.69) is 21.6 Å². The SMILES string of the molecule is COc1ccc(S(=O)(=O)NCC(C)(C)c2cccc3cc(F)ccc23)cc1N1CCN(C)CC1. The monoisotopic (exact) mass is 485 g/mol. The van der Waals surface area contributed by atoms with Gasteiger partial charge in [-0.1, -0.05) is 38.1 Å². The molecule has 34 heavy (non-hydrogen) atoms. The Labute approximate surface area is 201 Å². The summed E-state index contributed by atoms with van der Waals surface area (Å²) in [6.45, 7) is 7.58. The lowest BCUT2D eigenvalue weighted by Crippen LogP contribution is -2.44. The molecule has 1 saturated heterocycles. The van der Waals surface area contributed by atoms with Crippen molar-refractivity contribution in [2.45, 2.75) is 24.2 Å². The molecule has 4 rings (SSSR count). The standard InChI is InChI=1S/C26H32FN3O3S/c1-26(2,23-7-5-6-19-16-20(27)8-10-22(19)23)18-28-34(31,32)21-9-11-25(33-4)24(17-21)30-14-12-29(3)13-15-30/h5-11,16-17,28H,12-15,18H2,1-4H3. The Morgan fingerprint density at radius 2 is 1.76 bits per heavy atom. The molecule has 0 spiro atoms. The fourth-order valence-electron chi connectivity index (χ4n) is 4.43. The van der Waals surface area contributed by atoms with Crippen molar-refractivity contribution in [1.29, 1.82) is 0 Å². The van der Waals surface area contributed by atoms with Crippen molar-refractivity contribution < 1.29 is 17.5 Å². The molecule has 3 aromatic carbocycles. The van der Waals surface area contributed by atoms with E-state index in [4.69, 9.17) is 4.74 Å². The summed E-state index contributed by atoms with van der Waals surface area (Å²) in [6, 6.07) is 15.4. The second-order valence-corrected chi connectivity index (χ2v) is 11.3. The van der Waals surface area contributed by atoms with Crippen LogP contribution in [0.2, 0.25) is 0 Å². The molecule has 0 amide bonds. The third kappa shape index (κ3) is 5.04. The molecule has 0 aromatic heterocycles. The highest BCUT2D eigenvalue weighted by Gasteiger charge is 2.27. The molecule has 1 aliphatic heterocycles. The molecular weight excluding hydrogens is 453 g/mol. The van der Waals surface area contributed by atoms with Crippen LogP contribution in [0.1, 0.15) is 19.4 Å². The lowest BCUT2D eigenvalue weighted by atomic mass is 9.82. The number of piperazine rings is 1. The highest BCUT2D eigenvalue weighted by Crippen LogP contribution is 2.33. The van der Waals surface area contributed by atoms with Crippen molar-refractivity contribution in [1.82, 2.24) is 9.62 Å². The summed E-state index contributed by atoms with van der Waals surface area (Å²) in [4.78, 5) is 4.62. The predicted octanol–water partition coefficient (Wildman–Crippen LogP) is 4.00. The number of halogens is 1. The predicted molar refractivity (Wildman–Crippen MR) is 135 cm³/mol. The van der Waals surface area contributed by atoms with Crippen LogP contribution in [0.4, 0.5) is 10.1 Å². The summed E-state index contributed by atoms with van der Waals surface area (Å²) in [5.74, 6) is 0.366. The molecule has 0 bridgehead atoms. The molecule has 3 aromatic rings. The zero-order valence-electron chi connectivity index (χ0n) is 20.1. The fraction of sp³-hybridized carbons (Fsp3) is 0.385. The van der Waals surface area contributed by atoms with Gasteiger partial charge in [0.2, 0.25) is 10.0 Å². The van der Waals surface area contributed by atoms with Gasteiger partial charge in [-0.05, 0) is 53.7 Å². The van der Waals surface area contributed by atoms with Crippen molar-refractivity contribution >= 4 is 26.5 Å². The Bertz CT molecular complexity index is 1290. The van der Waals surface area contributed by atoms with Gasteiger partial charge in [0.25, 0.3) is 0 Å². The van der Waals surface area contributed by atoms with E-state index in [-0.39, 0.29) is 17.3 Å². The minimum atomic E-state index is -3.76. The number of anilines is 1. The molecule has 0 saturated carbocycles. The van der Waals surface area contributed by atoms with Gasteiger partial charge in [-0.2, -0.15) is 0 Å². The maximum atomic E-state index is 13.7. The maximum Gasteiger partial charge on any atom is 0.240 e. The maximum absolute atomic E-state index is 13.7. The number of nitrogens with zero attached hydrogens (tertiary/aromatic N) is 2. The van der Waals surface area contributed by atoms with Gasteiger partial charge in [-0.25, -0.2) is 17.5 Å². The summed E-state index contributed by atoms with van der Waals surface area (Å²) in [5, 5.41) is 1.70. The number of methoxy groups -OCH3 is 1. The van der Waals surface area contributed by atoms with Gasteiger partial charge in [0.15, 0.2) is 0 Å². The summed E-state index contributed by atoms with van der Waals surface area (Å²) >= 11 is 0. The molecule has 1 aliphatic rings. The summed E-state index contributed by atoms with van der Waals surface area (Å²) in [7, 11) is -0.0869. The third-order valence-corrected chi connectivity index (χ3v) is 7.98. The van der Waals surface area contributed by atoms with Crippen molar-refractivity contribution in [3.8, 4) is 5.75 Å². The summed E-state index contributed by atoms with van der Waals surface area (Å²) in [5.41, 5.74) is 1.23. The highest BCUT2D eigenvalue weighted by atomic mass is 32.2. The number of rotatable bonds is 7. The van der Waals surface area contributed by atoms with Gasteiger partial charge in [0, 0.05) is 38.1 Å². The molecule has 1 heterocycles. The van der Waals surface area contributed by atoms with Crippen LogP contribution < -0.4 is 14.4 Å². The zero-order chi connectivity index (χ0) is 24.5. The van der Waals surface area contributed by atoms with Gasteiger partial charge in [-0.3, -0.25) is 0 Å². The van der Waals surface area contributed by atoms with Crippen LogP contribution in [0, 0.1) is 5.82 Å². The lowest BCUT2D eigenvalue weighted by molar-refractivity contribution is 0.311.